The molecule has 2 amide bonds. The predicted molar refractivity (Wildman–Crippen MR) is 220 cm³/mol. The molecule has 0 atom stereocenters. The van der Waals surface area contributed by atoms with E-state index in [0.29, 0.717) is 64.4 Å². The highest BCUT2D eigenvalue weighted by Gasteiger charge is 2.34. The molecule has 13 nitrogen and oxygen atoms in total. The molecule has 1 aliphatic heterocycles. The van der Waals surface area contributed by atoms with Gasteiger partial charge < -0.3 is 23.9 Å². The quantitative estimate of drug-likeness (QED) is 0.0634. The SMILES string of the molecule is COc1cc(/C=N/N=C2\S/C(=C\c3cc(Br)ccc3OCC(=O)Nc3ccc(S(N)(=O)=O)cc3)C(=O)N2Cc2ccco2)ccc1OCc1ccc(Cl)cc1Cl. The highest BCUT2D eigenvalue weighted by molar-refractivity contribution is 9.10. The number of anilines is 1. The number of primary sulfonamides is 1. The van der Waals surface area contributed by atoms with Gasteiger partial charge in [-0.15, -0.1) is 5.10 Å². The lowest BCUT2D eigenvalue weighted by atomic mass is 10.2. The smallest absolute Gasteiger partial charge is 0.267 e. The van der Waals surface area contributed by atoms with Crippen LogP contribution < -0.4 is 24.7 Å². The Hall–Kier alpha value is -5.10. The van der Waals surface area contributed by atoms with E-state index in [1.54, 1.807) is 72.8 Å². The minimum Gasteiger partial charge on any atom is -0.493 e. The second-order valence-electron chi connectivity index (χ2n) is 11.7. The predicted octanol–water partition coefficient (Wildman–Crippen LogP) is 8.11. The molecule has 18 heteroatoms. The number of ether oxygens (including phenoxy) is 3. The standard InChI is InChI=1S/C38H30BrCl2N5O8S2/c1-51-34-15-23(4-12-33(34)53-21-24-5-7-27(40)18-31(24)41)19-43-45-38-46(20-29-3-2-14-52-29)37(48)35(55-38)17-25-16-26(39)6-13-32(25)54-22-36(47)44-28-8-10-30(11-9-28)56(42,49)50/h2-19H,20-22H2,1H3,(H,44,47)(H2,42,49,50)/b35-17-,43-19+,45-38-. The van der Waals surface area contributed by atoms with Gasteiger partial charge in [-0.1, -0.05) is 45.2 Å². The molecule has 1 fully saturated rings. The summed E-state index contributed by atoms with van der Waals surface area (Å²) >= 11 is 16.9. The molecule has 1 aromatic heterocycles. The fraction of sp³-hybridized carbons (Fsp3) is 0.105. The summed E-state index contributed by atoms with van der Waals surface area (Å²) in [4.78, 5) is 28.2. The molecule has 0 aliphatic carbocycles. The van der Waals surface area contributed by atoms with Crippen LogP contribution in [0.2, 0.25) is 10.0 Å². The molecule has 3 N–H and O–H groups in total. The van der Waals surface area contributed by atoms with Crippen molar-refractivity contribution in [3.8, 4) is 17.2 Å². The normalized spacial score (nSPS) is 14.5. The highest BCUT2D eigenvalue weighted by Crippen LogP contribution is 2.36. The number of halogens is 3. The second-order valence-corrected chi connectivity index (χ2v) is 16.1. The van der Waals surface area contributed by atoms with Crippen molar-refractivity contribution in [2.24, 2.45) is 15.3 Å². The van der Waals surface area contributed by atoms with Crippen molar-refractivity contribution < 1.29 is 36.6 Å². The van der Waals surface area contributed by atoms with E-state index >= 15 is 0 Å². The van der Waals surface area contributed by atoms with E-state index in [1.165, 1.54) is 48.8 Å². The molecular formula is C38H30BrCl2N5O8S2. The number of nitrogens with two attached hydrogens (primary N) is 1. The number of carbonyl (C=O) groups is 2. The molecule has 288 valence electrons. The fourth-order valence-electron chi connectivity index (χ4n) is 5.08. The van der Waals surface area contributed by atoms with Gasteiger partial charge in [0.1, 0.15) is 18.1 Å². The molecule has 56 heavy (non-hydrogen) atoms. The van der Waals surface area contributed by atoms with Gasteiger partial charge in [-0.05, 0) is 108 Å². The third-order valence-electron chi connectivity index (χ3n) is 7.80. The first-order valence-corrected chi connectivity index (χ1v) is 20.2. The lowest BCUT2D eigenvalue weighted by Gasteiger charge is -2.13. The molecule has 4 aromatic carbocycles. The summed E-state index contributed by atoms with van der Waals surface area (Å²) in [6.45, 7) is -0.0796. The third kappa shape index (κ3) is 10.6. The molecule has 2 heterocycles. The Labute approximate surface area is 344 Å². The van der Waals surface area contributed by atoms with Crippen LogP contribution in [0.4, 0.5) is 5.69 Å². The molecule has 0 bridgehead atoms. The van der Waals surface area contributed by atoms with Crippen LogP contribution in [-0.2, 0) is 32.8 Å². The first-order valence-electron chi connectivity index (χ1n) is 16.3. The van der Waals surface area contributed by atoms with Gasteiger partial charge in [-0.2, -0.15) is 5.10 Å². The van der Waals surface area contributed by atoms with Crippen molar-refractivity contribution >= 4 is 95.9 Å². The monoisotopic (exact) mass is 897 g/mol. The Bertz CT molecular complexity index is 2460. The number of hydrogen-bond donors (Lipinski definition) is 2. The van der Waals surface area contributed by atoms with E-state index in [9.17, 15) is 18.0 Å². The Morgan fingerprint density at radius 3 is 2.50 bits per heavy atom. The highest BCUT2D eigenvalue weighted by atomic mass is 79.9. The molecule has 0 unspecified atom stereocenters. The Morgan fingerprint density at radius 2 is 1.79 bits per heavy atom. The van der Waals surface area contributed by atoms with Crippen LogP contribution in [-0.4, -0.2) is 50.2 Å². The van der Waals surface area contributed by atoms with Gasteiger partial charge >= 0.3 is 0 Å². The number of benzene rings is 4. The lowest BCUT2D eigenvalue weighted by molar-refractivity contribution is -0.122. The Morgan fingerprint density at radius 1 is 1.00 bits per heavy atom. The van der Waals surface area contributed by atoms with E-state index < -0.39 is 15.9 Å². The van der Waals surface area contributed by atoms with Crippen LogP contribution in [0.1, 0.15) is 22.5 Å². The van der Waals surface area contributed by atoms with Gasteiger partial charge in [0.05, 0.1) is 35.9 Å². The van der Waals surface area contributed by atoms with E-state index in [0.717, 1.165) is 17.3 Å². The van der Waals surface area contributed by atoms with Crippen LogP contribution in [0.25, 0.3) is 6.08 Å². The van der Waals surface area contributed by atoms with E-state index in [4.69, 9.17) is 47.0 Å². The summed E-state index contributed by atoms with van der Waals surface area (Å²) in [5.74, 6) is 0.968. The Kier molecular flexibility index (Phi) is 13.2. The van der Waals surface area contributed by atoms with Gasteiger partial charge in [0.15, 0.2) is 23.3 Å². The number of thioether (sulfide) groups is 1. The summed E-state index contributed by atoms with van der Waals surface area (Å²) in [6.07, 6.45) is 4.67. The van der Waals surface area contributed by atoms with E-state index in [1.807, 2.05) is 0 Å². The maximum absolute atomic E-state index is 13.8. The minimum atomic E-state index is -3.88. The lowest BCUT2D eigenvalue weighted by Crippen LogP contribution is -2.28. The molecule has 0 spiro atoms. The first kappa shape index (κ1) is 40.6. The summed E-state index contributed by atoms with van der Waals surface area (Å²) in [6, 6.07) is 24.4. The zero-order valence-corrected chi connectivity index (χ0v) is 33.9. The van der Waals surface area contributed by atoms with Gasteiger partial charge in [0.2, 0.25) is 10.0 Å². The van der Waals surface area contributed by atoms with Gasteiger partial charge in [-0.25, -0.2) is 13.6 Å². The van der Waals surface area contributed by atoms with Gasteiger partial charge in [0.25, 0.3) is 11.8 Å². The number of hydrogen-bond acceptors (Lipinski definition) is 11. The number of carbonyl (C=O) groups excluding carboxylic acids is 2. The van der Waals surface area contributed by atoms with Crippen LogP contribution >= 0.6 is 50.9 Å². The van der Waals surface area contributed by atoms with Crippen molar-refractivity contribution in [2.45, 2.75) is 18.0 Å². The number of furan rings is 1. The number of amidine groups is 1. The third-order valence-corrected chi connectivity index (χ3v) is 10.8. The van der Waals surface area contributed by atoms with Crippen LogP contribution in [0.3, 0.4) is 0 Å². The maximum atomic E-state index is 13.8. The van der Waals surface area contributed by atoms with Crippen LogP contribution in [0.15, 0.2) is 126 Å². The molecule has 1 saturated heterocycles. The fourth-order valence-corrected chi connectivity index (χ4v) is 7.36. The molecule has 0 radical (unpaired) electrons. The summed E-state index contributed by atoms with van der Waals surface area (Å²) < 4.78 is 46.6. The van der Waals surface area contributed by atoms with Crippen molar-refractivity contribution in [1.82, 2.24) is 4.90 Å². The van der Waals surface area contributed by atoms with Crippen molar-refractivity contribution in [2.75, 3.05) is 19.0 Å². The van der Waals surface area contributed by atoms with E-state index in [2.05, 4.69) is 31.4 Å². The zero-order valence-electron chi connectivity index (χ0n) is 29.1. The Balaban J connectivity index is 1.18. The van der Waals surface area contributed by atoms with E-state index in [-0.39, 0.29) is 30.6 Å². The second kappa shape index (κ2) is 18.2. The van der Waals surface area contributed by atoms with Crippen LogP contribution in [0, 0.1) is 0 Å². The maximum Gasteiger partial charge on any atom is 0.267 e. The van der Waals surface area contributed by atoms with Crippen molar-refractivity contribution in [1.29, 1.82) is 0 Å². The number of rotatable bonds is 14. The van der Waals surface area contributed by atoms with Gasteiger partial charge in [0, 0.05) is 31.3 Å². The average molecular weight is 900 g/mol. The number of amides is 2. The number of nitrogens with one attached hydrogen (secondary N) is 1. The summed E-state index contributed by atoms with van der Waals surface area (Å²) in [5, 5.41) is 17.8. The summed E-state index contributed by atoms with van der Waals surface area (Å²) in [7, 11) is -2.35. The largest absolute Gasteiger partial charge is 0.493 e. The molecule has 0 saturated carbocycles. The molecule has 1 aliphatic rings. The van der Waals surface area contributed by atoms with Crippen LogP contribution in [0.5, 0.6) is 17.2 Å². The molecular weight excluding hydrogens is 869 g/mol. The average Bonchev–Trinajstić information content (AvgIpc) is 3.78. The molecule has 5 aromatic rings. The number of methoxy groups -OCH3 is 1. The van der Waals surface area contributed by atoms with Crippen molar-refractivity contribution in [3.63, 3.8) is 0 Å². The first-order chi connectivity index (χ1) is 26.9. The van der Waals surface area contributed by atoms with Crippen molar-refractivity contribution in [3.05, 3.63) is 139 Å². The minimum absolute atomic E-state index is 0.0867. The zero-order chi connectivity index (χ0) is 39.8. The number of sulfonamides is 1. The topological polar surface area (TPSA) is 175 Å². The van der Waals surface area contributed by atoms with Gasteiger partial charge in [-0.3, -0.25) is 14.5 Å². The molecule has 6 rings (SSSR count). The number of nitrogens with zero attached hydrogens (tertiary/aromatic N) is 3. The summed E-state index contributed by atoms with van der Waals surface area (Å²) in [5.41, 5.74) is 2.28.